The van der Waals surface area contributed by atoms with Gasteiger partial charge in [-0.25, -0.2) is 4.98 Å². The number of hydrogen-bond acceptors (Lipinski definition) is 4. The highest BCUT2D eigenvalue weighted by Crippen LogP contribution is 2.44. The third-order valence-corrected chi connectivity index (χ3v) is 5.32. The van der Waals surface area contributed by atoms with E-state index in [1.165, 1.54) is 6.42 Å². The highest BCUT2D eigenvalue weighted by atomic mass is 16.5. The Bertz CT molecular complexity index is 630. The molecule has 1 amide bonds. The lowest BCUT2D eigenvalue weighted by atomic mass is 9.91. The van der Waals surface area contributed by atoms with Gasteiger partial charge in [0.25, 0.3) is 0 Å². The molecule has 2 heterocycles. The normalized spacial score (nSPS) is 32.3. The maximum Gasteiger partial charge on any atom is 0.226 e. The van der Waals surface area contributed by atoms with Crippen molar-refractivity contribution in [2.75, 3.05) is 13.1 Å². The zero-order chi connectivity index (χ0) is 15.8. The van der Waals surface area contributed by atoms with Crippen LogP contribution < -0.4 is 4.74 Å². The number of hydrogen-bond donors (Lipinski definition) is 0. The van der Waals surface area contributed by atoms with E-state index in [2.05, 4.69) is 22.1 Å². The number of fused-ring (bicyclic) bond motifs is 2. The molecular formula is C18H23N3O2. The van der Waals surface area contributed by atoms with Gasteiger partial charge in [-0.15, -0.1) is 0 Å². The van der Waals surface area contributed by atoms with Gasteiger partial charge in [0.05, 0.1) is 6.54 Å². The number of rotatable bonds is 3. The van der Waals surface area contributed by atoms with Crippen molar-refractivity contribution in [3.05, 3.63) is 30.2 Å². The second-order valence-corrected chi connectivity index (χ2v) is 7.00. The molecule has 2 aliphatic carbocycles. The predicted octanol–water partition coefficient (Wildman–Crippen LogP) is 2.37. The summed E-state index contributed by atoms with van der Waals surface area (Å²) in [5.41, 5.74) is 0. The summed E-state index contributed by atoms with van der Waals surface area (Å²) in [6.45, 7) is 3.39. The molecule has 0 aromatic carbocycles. The zero-order valence-corrected chi connectivity index (χ0v) is 13.5. The van der Waals surface area contributed by atoms with Crippen LogP contribution in [0.3, 0.4) is 0 Å². The lowest BCUT2D eigenvalue weighted by Crippen LogP contribution is -2.47. The van der Waals surface area contributed by atoms with Gasteiger partial charge in [-0.05, 0) is 44.4 Å². The van der Waals surface area contributed by atoms with Crippen molar-refractivity contribution in [3.8, 4) is 5.88 Å². The summed E-state index contributed by atoms with van der Waals surface area (Å²) in [4.78, 5) is 23.3. The van der Waals surface area contributed by atoms with Crippen LogP contribution in [0.2, 0.25) is 0 Å². The summed E-state index contributed by atoms with van der Waals surface area (Å²) in [6.07, 6.45) is 10.5. The van der Waals surface area contributed by atoms with Crippen molar-refractivity contribution in [3.63, 3.8) is 0 Å². The van der Waals surface area contributed by atoms with Crippen LogP contribution in [-0.2, 0) is 4.79 Å². The molecule has 4 atom stereocenters. The van der Waals surface area contributed by atoms with Gasteiger partial charge >= 0.3 is 0 Å². The molecule has 0 spiro atoms. The fourth-order valence-electron chi connectivity index (χ4n) is 4.20. The van der Waals surface area contributed by atoms with E-state index in [4.69, 9.17) is 4.74 Å². The summed E-state index contributed by atoms with van der Waals surface area (Å²) in [6, 6.07) is 1.79. The number of piperidine rings is 1. The molecule has 2 fully saturated rings. The Labute approximate surface area is 136 Å². The summed E-state index contributed by atoms with van der Waals surface area (Å²) in [5.74, 6) is 2.95. The number of amides is 1. The predicted molar refractivity (Wildman–Crippen MR) is 85.8 cm³/mol. The van der Waals surface area contributed by atoms with Crippen molar-refractivity contribution >= 4 is 5.91 Å². The summed E-state index contributed by atoms with van der Waals surface area (Å²) in [7, 11) is 0. The molecule has 3 aliphatic rings. The number of aromatic nitrogens is 2. The largest absolute Gasteiger partial charge is 0.472 e. The topological polar surface area (TPSA) is 55.3 Å². The molecule has 5 nitrogen and oxygen atoms in total. The molecule has 0 radical (unpaired) electrons. The van der Waals surface area contributed by atoms with E-state index in [-0.39, 0.29) is 12.0 Å². The molecule has 1 aliphatic heterocycles. The van der Waals surface area contributed by atoms with E-state index in [9.17, 15) is 4.79 Å². The van der Waals surface area contributed by atoms with Gasteiger partial charge in [-0.2, -0.15) is 4.98 Å². The number of allylic oxidation sites excluding steroid dienone is 2. The lowest BCUT2D eigenvalue weighted by Gasteiger charge is -2.35. The van der Waals surface area contributed by atoms with E-state index < -0.39 is 0 Å². The molecule has 1 saturated heterocycles. The summed E-state index contributed by atoms with van der Waals surface area (Å²) in [5, 5.41) is 0. The van der Waals surface area contributed by atoms with Crippen LogP contribution in [-0.4, -0.2) is 40.0 Å². The van der Waals surface area contributed by atoms with Crippen LogP contribution in [0.5, 0.6) is 5.88 Å². The minimum atomic E-state index is 0.0381. The van der Waals surface area contributed by atoms with E-state index in [0.717, 1.165) is 25.8 Å². The minimum absolute atomic E-state index is 0.0381. The number of nitrogens with zero attached hydrogens (tertiary/aromatic N) is 3. The van der Waals surface area contributed by atoms with Gasteiger partial charge in [0.2, 0.25) is 11.8 Å². The van der Waals surface area contributed by atoms with Crippen LogP contribution in [0.25, 0.3) is 0 Å². The second-order valence-electron chi connectivity index (χ2n) is 7.00. The Balaban J connectivity index is 1.39. The molecule has 2 bridgehead atoms. The van der Waals surface area contributed by atoms with Gasteiger partial charge in [-0.3, -0.25) is 4.79 Å². The average molecular weight is 313 g/mol. The number of likely N-dealkylation sites (tertiary alicyclic amines) is 1. The molecule has 23 heavy (non-hydrogen) atoms. The molecule has 0 N–H and O–H groups in total. The molecule has 5 heteroatoms. The van der Waals surface area contributed by atoms with Crippen LogP contribution in [0.1, 0.15) is 31.5 Å². The minimum Gasteiger partial charge on any atom is -0.472 e. The molecule has 1 saturated carbocycles. The number of ether oxygens (including phenoxy) is 1. The molecule has 4 unspecified atom stereocenters. The third kappa shape index (κ3) is 2.96. The molecular weight excluding hydrogens is 290 g/mol. The number of aryl methyl sites for hydroxylation is 1. The van der Waals surface area contributed by atoms with E-state index >= 15 is 0 Å². The standard InChI is InChI=1S/C18H23N3O2/c1-12-19-7-6-17(20-12)23-15-3-2-8-21(11-15)18(22)16-10-13-4-5-14(16)9-13/h4-7,13-16H,2-3,8-11H2,1H3. The van der Waals surface area contributed by atoms with Crippen molar-refractivity contribution in [1.29, 1.82) is 0 Å². The van der Waals surface area contributed by atoms with Crippen LogP contribution in [0.4, 0.5) is 0 Å². The first-order valence-electron chi connectivity index (χ1n) is 8.62. The quantitative estimate of drug-likeness (QED) is 0.804. The summed E-state index contributed by atoms with van der Waals surface area (Å²) >= 11 is 0. The van der Waals surface area contributed by atoms with Gasteiger partial charge in [0.15, 0.2) is 0 Å². The average Bonchev–Trinajstić information content (AvgIpc) is 3.17. The van der Waals surface area contributed by atoms with Crippen LogP contribution in [0, 0.1) is 24.7 Å². The Morgan fingerprint density at radius 2 is 2.26 bits per heavy atom. The Morgan fingerprint density at radius 1 is 1.35 bits per heavy atom. The summed E-state index contributed by atoms with van der Waals surface area (Å²) < 4.78 is 5.98. The van der Waals surface area contributed by atoms with E-state index in [1.807, 2.05) is 11.8 Å². The SMILES string of the molecule is Cc1nccc(OC2CCCN(C(=O)C3CC4C=CC3C4)C2)n1. The first-order chi connectivity index (χ1) is 11.2. The second kappa shape index (κ2) is 5.95. The number of carbonyl (C=O) groups excluding carboxylic acids is 1. The van der Waals surface area contributed by atoms with Crippen LogP contribution in [0.15, 0.2) is 24.4 Å². The number of carbonyl (C=O) groups is 1. The van der Waals surface area contributed by atoms with Crippen molar-refractivity contribution < 1.29 is 9.53 Å². The van der Waals surface area contributed by atoms with Crippen molar-refractivity contribution in [2.45, 2.75) is 38.7 Å². The Morgan fingerprint density at radius 3 is 3.00 bits per heavy atom. The highest BCUT2D eigenvalue weighted by Gasteiger charge is 2.42. The fraction of sp³-hybridized carbons (Fsp3) is 0.611. The molecule has 4 rings (SSSR count). The van der Waals surface area contributed by atoms with Gasteiger partial charge in [0, 0.05) is 24.7 Å². The maximum atomic E-state index is 12.9. The van der Waals surface area contributed by atoms with Gasteiger partial charge < -0.3 is 9.64 Å². The zero-order valence-electron chi connectivity index (χ0n) is 13.5. The van der Waals surface area contributed by atoms with E-state index in [0.29, 0.717) is 36.0 Å². The van der Waals surface area contributed by atoms with Gasteiger partial charge in [-0.1, -0.05) is 12.2 Å². The third-order valence-electron chi connectivity index (χ3n) is 5.32. The van der Waals surface area contributed by atoms with Crippen molar-refractivity contribution in [1.82, 2.24) is 14.9 Å². The monoisotopic (exact) mass is 313 g/mol. The van der Waals surface area contributed by atoms with Gasteiger partial charge in [0.1, 0.15) is 11.9 Å². The van der Waals surface area contributed by atoms with Crippen LogP contribution >= 0.6 is 0 Å². The van der Waals surface area contributed by atoms with Crippen molar-refractivity contribution in [2.24, 2.45) is 17.8 Å². The first kappa shape index (κ1) is 14.7. The molecule has 1 aromatic rings. The Hall–Kier alpha value is -1.91. The van der Waals surface area contributed by atoms with E-state index in [1.54, 1.807) is 12.3 Å². The fourth-order valence-corrected chi connectivity index (χ4v) is 4.20. The highest BCUT2D eigenvalue weighted by molar-refractivity contribution is 5.80. The lowest BCUT2D eigenvalue weighted by molar-refractivity contribution is -0.139. The molecule has 1 aromatic heterocycles. The molecule has 122 valence electrons. The smallest absolute Gasteiger partial charge is 0.226 e. The first-order valence-corrected chi connectivity index (χ1v) is 8.62. The maximum absolute atomic E-state index is 12.9. The Kier molecular flexibility index (Phi) is 3.79.